The highest BCUT2D eigenvalue weighted by molar-refractivity contribution is 7.92. The topological polar surface area (TPSA) is 84.5 Å². The van der Waals surface area contributed by atoms with Crippen LogP contribution in [0.3, 0.4) is 0 Å². The predicted octanol–water partition coefficient (Wildman–Crippen LogP) is 2.31. The maximum Gasteiger partial charge on any atom is 0.251 e. The molecule has 2 aromatic rings. The molecule has 0 aromatic heterocycles. The zero-order valence-electron chi connectivity index (χ0n) is 13.2. The van der Waals surface area contributed by atoms with Gasteiger partial charge in [-0.05, 0) is 24.3 Å². The highest BCUT2D eigenvalue weighted by Gasteiger charge is 2.23. The number of carbonyl (C=O) groups excluding carboxylic acids is 1. The smallest absolute Gasteiger partial charge is 0.251 e. The normalized spacial score (nSPS) is 16.6. The van der Waals surface area contributed by atoms with Gasteiger partial charge in [0.1, 0.15) is 5.75 Å². The quantitative estimate of drug-likeness (QED) is 0.890. The standard InChI is InChI=1S/C17H18N2O4S/c1-24(21,22)19-13-6-4-5-12(11-13)17(20)18-15-9-10-23-16-8-3-2-7-14(15)16/h2-8,11,15,19H,9-10H2,1H3,(H,18,20). The van der Waals surface area contributed by atoms with Crippen LogP contribution in [0.1, 0.15) is 28.4 Å². The van der Waals surface area contributed by atoms with Crippen LogP contribution >= 0.6 is 0 Å². The van der Waals surface area contributed by atoms with Gasteiger partial charge in [-0.15, -0.1) is 0 Å². The summed E-state index contributed by atoms with van der Waals surface area (Å²) in [6, 6.07) is 13.9. The molecule has 0 spiro atoms. The molecule has 1 atom stereocenters. The van der Waals surface area contributed by atoms with E-state index in [0.717, 1.165) is 17.6 Å². The molecule has 2 N–H and O–H groups in total. The molecular formula is C17H18N2O4S. The number of nitrogens with one attached hydrogen (secondary N) is 2. The van der Waals surface area contributed by atoms with Gasteiger partial charge < -0.3 is 10.1 Å². The van der Waals surface area contributed by atoms with Gasteiger partial charge in [-0.25, -0.2) is 8.42 Å². The molecule has 1 unspecified atom stereocenters. The van der Waals surface area contributed by atoms with Crippen LogP contribution in [0.2, 0.25) is 0 Å². The molecule has 0 saturated carbocycles. The summed E-state index contributed by atoms with van der Waals surface area (Å²) in [5, 5.41) is 2.99. The highest BCUT2D eigenvalue weighted by Crippen LogP contribution is 2.31. The lowest BCUT2D eigenvalue weighted by Crippen LogP contribution is -2.32. The molecule has 0 saturated heterocycles. The molecule has 1 aliphatic heterocycles. The van der Waals surface area contributed by atoms with Crippen LogP contribution in [0.5, 0.6) is 5.75 Å². The average Bonchev–Trinajstić information content (AvgIpc) is 2.54. The number of hydrogen-bond donors (Lipinski definition) is 2. The number of fused-ring (bicyclic) bond motifs is 1. The van der Waals surface area contributed by atoms with E-state index < -0.39 is 10.0 Å². The van der Waals surface area contributed by atoms with Crippen molar-refractivity contribution in [2.75, 3.05) is 17.6 Å². The minimum Gasteiger partial charge on any atom is -0.493 e. The Morgan fingerprint density at radius 3 is 2.75 bits per heavy atom. The highest BCUT2D eigenvalue weighted by atomic mass is 32.2. The zero-order chi connectivity index (χ0) is 17.2. The summed E-state index contributed by atoms with van der Waals surface area (Å²) in [4.78, 5) is 12.5. The average molecular weight is 346 g/mol. The first kappa shape index (κ1) is 16.3. The van der Waals surface area contributed by atoms with Gasteiger partial charge in [0, 0.05) is 23.2 Å². The second-order valence-corrected chi connectivity index (χ2v) is 7.40. The maximum atomic E-state index is 12.5. The second kappa shape index (κ2) is 6.52. The van der Waals surface area contributed by atoms with Crippen LogP contribution in [0.15, 0.2) is 48.5 Å². The number of para-hydroxylation sites is 1. The fourth-order valence-corrected chi connectivity index (χ4v) is 3.23. The Labute approximate surface area is 140 Å². The van der Waals surface area contributed by atoms with Crippen LogP contribution < -0.4 is 14.8 Å². The monoisotopic (exact) mass is 346 g/mol. The third-order valence-corrected chi connectivity index (χ3v) is 4.30. The van der Waals surface area contributed by atoms with Crippen molar-refractivity contribution < 1.29 is 17.9 Å². The Balaban J connectivity index is 1.78. The summed E-state index contributed by atoms with van der Waals surface area (Å²) in [6.07, 6.45) is 1.75. The largest absolute Gasteiger partial charge is 0.493 e. The molecule has 1 aliphatic rings. The molecule has 7 heteroatoms. The van der Waals surface area contributed by atoms with Gasteiger partial charge in [0.15, 0.2) is 0 Å². The Hall–Kier alpha value is -2.54. The first-order chi connectivity index (χ1) is 11.4. The summed E-state index contributed by atoms with van der Waals surface area (Å²) >= 11 is 0. The minimum absolute atomic E-state index is 0.131. The lowest BCUT2D eigenvalue weighted by atomic mass is 10.00. The van der Waals surface area contributed by atoms with Crippen molar-refractivity contribution in [1.82, 2.24) is 5.32 Å². The molecule has 0 bridgehead atoms. The van der Waals surface area contributed by atoms with E-state index in [1.807, 2.05) is 24.3 Å². The number of sulfonamides is 1. The van der Waals surface area contributed by atoms with Gasteiger partial charge in [0.2, 0.25) is 10.0 Å². The fourth-order valence-electron chi connectivity index (χ4n) is 2.67. The van der Waals surface area contributed by atoms with Crippen molar-refractivity contribution in [2.45, 2.75) is 12.5 Å². The Morgan fingerprint density at radius 1 is 1.17 bits per heavy atom. The Bertz CT molecular complexity index is 864. The van der Waals surface area contributed by atoms with Crippen LogP contribution in [-0.2, 0) is 10.0 Å². The van der Waals surface area contributed by atoms with Gasteiger partial charge in [-0.2, -0.15) is 0 Å². The number of hydrogen-bond acceptors (Lipinski definition) is 4. The van der Waals surface area contributed by atoms with E-state index in [4.69, 9.17) is 4.74 Å². The number of amides is 1. The molecule has 0 aliphatic carbocycles. The van der Waals surface area contributed by atoms with E-state index in [9.17, 15) is 13.2 Å². The van der Waals surface area contributed by atoms with Crippen LogP contribution in [0, 0.1) is 0 Å². The summed E-state index contributed by atoms with van der Waals surface area (Å²) in [7, 11) is -3.39. The van der Waals surface area contributed by atoms with Gasteiger partial charge in [-0.3, -0.25) is 9.52 Å². The first-order valence-electron chi connectivity index (χ1n) is 7.53. The van der Waals surface area contributed by atoms with Crippen molar-refractivity contribution in [3.63, 3.8) is 0 Å². The Kier molecular flexibility index (Phi) is 4.44. The van der Waals surface area contributed by atoms with E-state index in [1.165, 1.54) is 6.07 Å². The molecule has 1 heterocycles. The molecule has 1 amide bonds. The van der Waals surface area contributed by atoms with E-state index in [0.29, 0.717) is 24.3 Å². The summed E-state index contributed by atoms with van der Waals surface area (Å²) in [6.45, 7) is 0.539. The second-order valence-electron chi connectivity index (χ2n) is 5.66. The predicted molar refractivity (Wildman–Crippen MR) is 91.7 cm³/mol. The third-order valence-electron chi connectivity index (χ3n) is 3.69. The van der Waals surface area contributed by atoms with Gasteiger partial charge in [0.25, 0.3) is 5.91 Å². The van der Waals surface area contributed by atoms with Crippen molar-refractivity contribution in [3.8, 4) is 5.75 Å². The maximum absolute atomic E-state index is 12.5. The van der Waals surface area contributed by atoms with Crippen molar-refractivity contribution in [1.29, 1.82) is 0 Å². The summed E-state index contributed by atoms with van der Waals surface area (Å²) in [5.41, 5.74) is 1.70. The molecule has 24 heavy (non-hydrogen) atoms. The first-order valence-corrected chi connectivity index (χ1v) is 9.42. The SMILES string of the molecule is CS(=O)(=O)Nc1cccc(C(=O)NC2CCOc3ccccc32)c1. The van der Waals surface area contributed by atoms with Gasteiger partial charge in [0.05, 0.1) is 18.9 Å². The summed E-state index contributed by atoms with van der Waals surface area (Å²) in [5.74, 6) is 0.524. The number of anilines is 1. The van der Waals surface area contributed by atoms with Crippen LogP contribution in [0.25, 0.3) is 0 Å². The molecule has 6 nitrogen and oxygen atoms in total. The van der Waals surface area contributed by atoms with E-state index in [-0.39, 0.29) is 11.9 Å². The number of rotatable bonds is 4. The van der Waals surface area contributed by atoms with E-state index in [1.54, 1.807) is 18.2 Å². The number of benzene rings is 2. The van der Waals surface area contributed by atoms with Crippen molar-refractivity contribution in [2.24, 2.45) is 0 Å². The summed E-state index contributed by atoms with van der Waals surface area (Å²) < 4.78 is 30.6. The molecule has 0 fully saturated rings. The molecule has 3 rings (SSSR count). The number of carbonyl (C=O) groups is 1. The minimum atomic E-state index is -3.39. The molecule has 2 aromatic carbocycles. The molecule has 0 radical (unpaired) electrons. The lowest BCUT2D eigenvalue weighted by Gasteiger charge is -2.26. The fraction of sp³-hybridized carbons (Fsp3) is 0.235. The van der Waals surface area contributed by atoms with Crippen LogP contribution in [-0.4, -0.2) is 27.2 Å². The Morgan fingerprint density at radius 2 is 1.96 bits per heavy atom. The van der Waals surface area contributed by atoms with E-state index >= 15 is 0 Å². The van der Waals surface area contributed by atoms with Gasteiger partial charge in [-0.1, -0.05) is 24.3 Å². The zero-order valence-corrected chi connectivity index (χ0v) is 14.0. The van der Waals surface area contributed by atoms with Crippen LogP contribution in [0.4, 0.5) is 5.69 Å². The molecular weight excluding hydrogens is 328 g/mol. The van der Waals surface area contributed by atoms with Crippen molar-refractivity contribution >= 4 is 21.6 Å². The van der Waals surface area contributed by atoms with Gasteiger partial charge >= 0.3 is 0 Å². The van der Waals surface area contributed by atoms with E-state index in [2.05, 4.69) is 10.0 Å². The molecule has 126 valence electrons. The third kappa shape index (κ3) is 3.86. The lowest BCUT2D eigenvalue weighted by molar-refractivity contribution is 0.0925. The number of ether oxygens (including phenoxy) is 1. The van der Waals surface area contributed by atoms with Crippen molar-refractivity contribution in [3.05, 3.63) is 59.7 Å².